The van der Waals surface area contributed by atoms with E-state index >= 15 is 0 Å². The average Bonchev–Trinajstić information content (AvgIpc) is 3.04. The quantitative estimate of drug-likeness (QED) is 0.624. The maximum absolute atomic E-state index is 6.77. The second kappa shape index (κ2) is 5.25. The van der Waals surface area contributed by atoms with Crippen molar-refractivity contribution in [3.63, 3.8) is 0 Å². The Labute approximate surface area is 154 Å². The fourth-order valence-electron chi connectivity index (χ4n) is 8.76. The van der Waals surface area contributed by atoms with Crippen LogP contribution in [-0.2, 0) is 4.74 Å². The largest absolute Gasteiger partial charge is 0.353 e. The van der Waals surface area contributed by atoms with Gasteiger partial charge in [-0.2, -0.15) is 0 Å². The van der Waals surface area contributed by atoms with Crippen molar-refractivity contribution in [2.45, 2.75) is 103 Å². The lowest BCUT2D eigenvalue weighted by molar-refractivity contribution is -0.180. The summed E-state index contributed by atoms with van der Waals surface area (Å²) in [7, 11) is 0. The summed E-state index contributed by atoms with van der Waals surface area (Å²) in [4.78, 5) is 0. The van der Waals surface area contributed by atoms with Gasteiger partial charge in [-0.15, -0.1) is 0 Å². The van der Waals surface area contributed by atoms with E-state index in [2.05, 4.69) is 33.0 Å². The van der Waals surface area contributed by atoms with Gasteiger partial charge in [-0.3, -0.25) is 5.32 Å². The van der Waals surface area contributed by atoms with Crippen LogP contribution in [0.2, 0.25) is 0 Å². The van der Waals surface area contributed by atoms with E-state index in [1.54, 1.807) is 0 Å². The minimum absolute atomic E-state index is 0.108. The fraction of sp³-hybridized carbons (Fsp3) is 1.00. The summed E-state index contributed by atoms with van der Waals surface area (Å²) in [5.74, 6) is 3.92. The number of fused-ring (bicyclic) bond motifs is 6. The van der Waals surface area contributed by atoms with Gasteiger partial charge in [0.25, 0.3) is 0 Å². The zero-order chi connectivity index (χ0) is 17.5. The van der Waals surface area contributed by atoms with Crippen LogP contribution in [0.3, 0.4) is 0 Å². The molecule has 4 aliphatic carbocycles. The average molecular weight is 346 g/mol. The number of rotatable bonds is 0. The van der Waals surface area contributed by atoms with Crippen molar-refractivity contribution >= 4 is 0 Å². The molecule has 5 aliphatic rings. The van der Waals surface area contributed by atoms with Gasteiger partial charge in [0, 0.05) is 12.0 Å². The molecule has 1 aliphatic heterocycles. The van der Waals surface area contributed by atoms with Gasteiger partial charge in [0.05, 0.1) is 5.60 Å². The summed E-state index contributed by atoms with van der Waals surface area (Å²) in [5, 5.41) is 3.69. The van der Waals surface area contributed by atoms with Gasteiger partial charge in [-0.25, -0.2) is 0 Å². The molecule has 1 saturated heterocycles. The molecule has 0 radical (unpaired) electrons. The van der Waals surface area contributed by atoms with E-state index in [0.29, 0.717) is 10.8 Å². The zero-order valence-corrected chi connectivity index (χ0v) is 17.0. The summed E-state index contributed by atoms with van der Waals surface area (Å²) in [6, 6.07) is 0. The minimum Gasteiger partial charge on any atom is -0.353 e. The molecule has 0 bridgehead atoms. The van der Waals surface area contributed by atoms with Gasteiger partial charge in [0.1, 0.15) is 5.72 Å². The Bertz CT molecular complexity index is 558. The highest BCUT2D eigenvalue weighted by atomic mass is 16.6. The lowest BCUT2D eigenvalue weighted by Gasteiger charge is -2.61. The third-order valence-corrected chi connectivity index (χ3v) is 10.1. The smallest absolute Gasteiger partial charge is 0.114 e. The van der Waals surface area contributed by atoms with Gasteiger partial charge in [0.15, 0.2) is 0 Å². The van der Waals surface area contributed by atoms with Crippen LogP contribution in [0.1, 0.15) is 91.9 Å². The molecule has 2 heteroatoms. The van der Waals surface area contributed by atoms with Gasteiger partial charge in [-0.05, 0) is 94.3 Å². The van der Waals surface area contributed by atoms with Crippen LogP contribution in [0.25, 0.3) is 0 Å². The fourth-order valence-corrected chi connectivity index (χ4v) is 8.76. The molecular weight excluding hydrogens is 306 g/mol. The third-order valence-electron chi connectivity index (χ3n) is 10.1. The van der Waals surface area contributed by atoms with E-state index < -0.39 is 0 Å². The highest BCUT2D eigenvalue weighted by Crippen LogP contribution is 2.69. The maximum Gasteiger partial charge on any atom is 0.114 e. The Kier molecular flexibility index (Phi) is 3.58. The molecule has 5 fully saturated rings. The van der Waals surface area contributed by atoms with E-state index in [0.717, 1.165) is 30.2 Å². The van der Waals surface area contributed by atoms with Crippen molar-refractivity contribution in [3.8, 4) is 0 Å². The van der Waals surface area contributed by atoms with Crippen LogP contribution in [0.15, 0.2) is 0 Å². The van der Waals surface area contributed by atoms with Crippen molar-refractivity contribution in [2.75, 3.05) is 6.54 Å². The highest BCUT2D eigenvalue weighted by Gasteiger charge is 2.67. The molecule has 1 N–H and O–H groups in total. The maximum atomic E-state index is 6.77. The Morgan fingerprint density at radius 3 is 2.36 bits per heavy atom. The van der Waals surface area contributed by atoms with E-state index in [9.17, 15) is 0 Å². The molecule has 142 valence electrons. The standard InChI is InChI=1S/C23H39NO/c1-20(2)24-15-23(25-20)14-11-19-17-9-8-16-7-5-6-12-21(16,3)18(17)10-13-22(19,23)4/h16-19,24H,5-15H2,1-4H3/t16-,17+,18-,19+,21+,22+,23-/m1/s1. The van der Waals surface area contributed by atoms with Crippen molar-refractivity contribution in [1.82, 2.24) is 5.32 Å². The molecule has 0 aromatic heterocycles. The van der Waals surface area contributed by atoms with E-state index in [1.165, 1.54) is 64.2 Å². The lowest BCUT2D eigenvalue weighted by Crippen LogP contribution is -2.57. The molecule has 0 amide bonds. The first kappa shape index (κ1) is 17.0. The number of hydrogen-bond donors (Lipinski definition) is 1. The van der Waals surface area contributed by atoms with E-state index in [-0.39, 0.29) is 11.3 Å². The molecule has 2 nitrogen and oxygen atoms in total. The Morgan fingerprint density at radius 2 is 1.60 bits per heavy atom. The second-order valence-electron chi connectivity index (χ2n) is 11.4. The van der Waals surface area contributed by atoms with Crippen LogP contribution in [0, 0.1) is 34.5 Å². The molecule has 1 spiro atoms. The Hall–Kier alpha value is -0.0800. The van der Waals surface area contributed by atoms with Gasteiger partial charge >= 0.3 is 0 Å². The Morgan fingerprint density at radius 1 is 0.800 bits per heavy atom. The lowest BCUT2D eigenvalue weighted by atomic mass is 9.44. The summed E-state index contributed by atoms with van der Waals surface area (Å²) in [6.07, 6.45) is 14.6. The van der Waals surface area contributed by atoms with E-state index in [1.807, 2.05) is 0 Å². The number of nitrogens with one attached hydrogen (secondary N) is 1. The molecule has 25 heavy (non-hydrogen) atoms. The van der Waals surface area contributed by atoms with Crippen molar-refractivity contribution in [2.24, 2.45) is 34.5 Å². The topological polar surface area (TPSA) is 21.3 Å². The summed E-state index contributed by atoms with van der Waals surface area (Å²) >= 11 is 0. The zero-order valence-electron chi connectivity index (χ0n) is 17.0. The molecule has 0 unspecified atom stereocenters. The summed E-state index contributed by atoms with van der Waals surface area (Å²) in [5.41, 5.74) is 1.03. The van der Waals surface area contributed by atoms with Crippen molar-refractivity contribution in [1.29, 1.82) is 0 Å². The molecule has 1 heterocycles. The van der Waals surface area contributed by atoms with Crippen LogP contribution >= 0.6 is 0 Å². The number of ether oxygens (including phenoxy) is 1. The second-order valence-corrected chi connectivity index (χ2v) is 11.4. The first-order chi connectivity index (χ1) is 11.8. The van der Waals surface area contributed by atoms with Gasteiger partial charge in [0.2, 0.25) is 0 Å². The summed E-state index contributed by atoms with van der Waals surface area (Å²) in [6.45, 7) is 10.8. The molecular formula is C23H39NO. The molecule has 7 atom stereocenters. The van der Waals surface area contributed by atoms with Crippen molar-refractivity contribution < 1.29 is 4.74 Å². The first-order valence-corrected chi connectivity index (χ1v) is 11.2. The normalized spacial score (nSPS) is 57.1. The minimum atomic E-state index is -0.137. The predicted octanol–water partition coefficient (Wildman–Crippen LogP) is 5.51. The SMILES string of the molecule is CC1(C)NC[C@@]2(CC[C@H]3[C@H]4CC[C@H]5CCCC[C@]5(C)[C@@H]4CC[C@@]32C)O1. The predicted molar refractivity (Wildman–Crippen MR) is 102 cm³/mol. The molecule has 0 aromatic carbocycles. The first-order valence-electron chi connectivity index (χ1n) is 11.2. The number of hydrogen-bond acceptors (Lipinski definition) is 2. The summed E-state index contributed by atoms with van der Waals surface area (Å²) < 4.78 is 6.77. The van der Waals surface area contributed by atoms with Gasteiger partial charge in [-0.1, -0.05) is 26.7 Å². The highest BCUT2D eigenvalue weighted by molar-refractivity contribution is 5.17. The van der Waals surface area contributed by atoms with Crippen LogP contribution in [-0.4, -0.2) is 17.9 Å². The molecule has 0 aromatic rings. The van der Waals surface area contributed by atoms with Crippen LogP contribution < -0.4 is 5.32 Å². The third kappa shape index (κ3) is 2.16. The molecule has 4 saturated carbocycles. The van der Waals surface area contributed by atoms with Gasteiger partial charge < -0.3 is 4.74 Å². The van der Waals surface area contributed by atoms with Crippen LogP contribution in [0.4, 0.5) is 0 Å². The van der Waals surface area contributed by atoms with E-state index in [4.69, 9.17) is 4.74 Å². The Balaban J connectivity index is 1.46. The van der Waals surface area contributed by atoms with Crippen molar-refractivity contribution in [3.05, 3.63) is 0 Å². The monoisotopic (exact) mass is 345 g/mol. The van der Waals surface area contributed by atoms with Crippen LogP contribution in [0.5, 0.6) is 0 Å². The molecule has 5 rings (SSSR count).